The van der Waals surface area contributed by atoms with Crippen molar-refractivity contribution < 1.29 is 19.1 Å². The number of carbonyl (C=O) groups is 2. The number of aromatic nitrogens is 2. The highest BCUT2D eigenvalue weighted by atomic mass is 35.5. The van der Waals surface area contributed by atoms with Gasteiger partial charge in [0.25, 0.3) is 0 Å². The lowest BCUT2D eigenvalue weighted by atomic mass is 9.79. The molecule has 2 bridgehead atoms. The lowest BCUT2D eigenvalue weighted by Gasteiger charge is -2.39. The second-order valence-corrected chi connectivity index (χ2v) is 14.4. The second kappa shape index (κ2) is 11.2. The maximum Gasteiger partial charge on any atom is 0.407 e. The maximum absolute atomic E-state index is 17.1. The van der Waals surface area contributed by atoms with Crippen LogP contribution >= 0.6 is 23.2 Å². The number of aryl methyl sites for hydroxylation is 1. The van der Waals surface area contributed by atoms with Gasteiger partial charge in [0.15, 0.2) is 5.82 Å². The number of halogens is 3. The van der Waals surface area contributed by atoms with Gasteiger partial charge in [0.1, 0.15) is 5.52 Å². The Morgan fingerprint density at radius 2 is 2.02 bits per heavy atom. The van der Waals surface area contributed by atoms with Gasteiger partial charge in [0, 0.05) is 51.9 Å². The molecular formula is C36H34Cl2FN5O3. The molecule has 4 aliphatic rings. The fourth-order valence-electron chi connectivity index (χ4n) is 7.56. The molecule has 2 saturated carbocycles. The SMILES string of the molecule is C=C(C)c1nc2c(F)c(-c3cccc(Cl)c3Cl)c(CCC#N)cc2c2c1cc(C(C)NC(=O)C1(C)CC1)n2[C@H]1[C@@H]2C[C@H]1N(C(=O)O)C2. The molecule has 1 unspecified atom stereocenters. The summed E-state index contributed by atoms with van der Waals surface area (Å²) in [6.45, 7) is 10.3. The average molecular weight is 675 g/mol. The number of carbonyl (C=O) groups excluding carboxylic acids is 1. The van der Waals surface area contributed by atoms with Crippen molar-refractivity contribution in [3.63, 3.8) is 0 Å². The molecule has 4 atom stereocenters. The van der Waals surface area contributed by atoms with Crippen LogP contribution in [0.4, 0.5) is 9.18 Å². The van der Waals surface area contributed by atoms with Gasteiger partial charge in [0.2, 0.25) is 5.91 Å². The summed E-state index contributed by atoms with van der Waals surface area (Å²) in [5.41, 5.74) is 3.56. The lowest BCUT2D eigenvalue weighted by molar-refractivity contribution is -0.126. The molecule has 2 N–H and O–H groups in total. The van der Waals surface area contributed by atoms with Crippen molar-refractivity contribution >= 4 is 62.6 Å². The molecule has 47 heavy (non-hydrogen) atoms. The van der Waals surface area contributed by atoms with Gasteiger partial charge in [-0.2, -0.15) is 5.26 Å². The number of rotatable bonds is 8. The molecule has 8 rings (SSSR count). The Labute approximate surface area is 281 Å². The van der Waals surface area contributed by atoms with E-state index in [1.807, 2.05) is 32.9 Å². The first-order valence-electron chi connectivity index (χ1n) is 15.8. The lowest BCUT2D eigenvalue weighted by Crippen LogP contribution is -2.43. The Hall–Kier alpha value is -4.13. The minimum atomic E-state index is -0.969. The number of pyridine rings is 1. The Morgan fingerprint density at radius 3 is 2.66 bits per heavy atom. The monoisotopic (exact) mass is 673 g/mol. The maximum atomic E-state index is 17.1. The van der Waals surface area contributed by atoms with Crippen LogP contribution in [0.5, 0.6) is 0 Å². The molecule has 4 heterocycles. The van der Waals surface area contributed by atoms with Crippen LogP contribution in [0.1, 0.15) is 75.5 Å². The first kappa shape index (κ1) is 31.5. The summed E-state index contributed by atoms with van der Waals surface area (Å²) in [5.74, 6) is -0.565. The molecule has 242 valence electrons. The third-order valence-electron chi connectivity index (χ3n) is 10.4. The topological polar surface area (TPSA) is 111 Å². The summed E-state index contributed by atoms with van der Waals surface area (Å²) in [6, 6.07) is 10.2. The summed E-state index contributed by atoms with van der Waals surface area (Å²) >= 11 is 13.0. The third kappa shape index (κ3) is 4.87. The van der Waals surface area contributed by atoms with Crippen molar-refractivity contribution in [3.05, 3.63) is 69.7 Å². The minimum Gasteiger partial charge on any atom is -0.465 e. The molecule has 2 amide bonds. The standard InChI is InChI=1S/C36H34Cl2FN5O3/c1-17(2)30-23-15-25(18(3)41-34(45)36(4)10-11-36)44(32-20-14-26(32)43(16-20)35(46)47)33(23)22-13-19(7-6-12-40)27(29(39)31(22)42-30)21-8-5-9-24(37)28(21)38/h5,8-9,13,15,18,20,26,32H,1,6-7,10-11,14,16H2,2-4H3,(H,41,45)(H,46,47)/t18?,20-,26-,32+/m1/s1. The largest absolute Gasteiger partial charge is 0.465 e. The van der Waals surface area contributed by atoms with E-state index < -0.39 is 23.4 Å². The van der Waals surface area contributed by atoms with Gasteiger partial charge < -0.3 is 19.9 Å². The number of nitrogens with one attached hydrogen (secondary N) is 1. The highest BCUT2D eigenvalue weighted by molar-refractivity contribution is 6.43. The van der Waals surface area contributed by atoms with Crippen molar-refractivity contribution in [1.29, 1.82) is 5.26 Å². The molecule has 0 spiro atoms. The fourth-order valence-corrected chi connectivity index (χ4v) is 7.96. The van der Waals surface area contributed by atoms with Gasteiger partial charge in [-0.25, -0.2) is 14.2 Å². The van der Waals surface area contributed by atoms with Crippen LogP contribution in [0.3, 0.4) is 0 Å². The van der Waals surface area contributed by atoms with E-state index in [-0.39, 0.29) is 57.9 Å². The summed E-state index contributed by atoms with van der Waals surface area (Å²) in [6.07, 6.45) is 1.81. The number of hydrogen-bond acceptors (Lipinski definition) is 4. The normalized spacial score (nSPS) is 21.4. The molecule has 2 aliphatic carbocycles. The van der Waals surface area contributed by atoms with E-state index in [9.17, 15) is 20.0 Å². The Balaban J connectivity index is 1.55. The molecule has 2 saturated heterocycles. The zero-order chi connectivity index (χ0) is 33.5. The zero-order valence-electron chi connectivity index (χ0n) is 26.3. The summed E-state index contributed by atoms with van der Waals surface area (Å²) in [5, 5.41) is 24.5. The fraction of sp³-hybridized carbons (Fsp3) is 0.389. The van der Waals surface area contributed by atoms with E-state index in [2.05, 4.69) is 22.5 Å². The average Bonchev–Trinajstić information content (AvgIpc) is 3.33. The van der Waals surface area contributed by atoms with Crippen molar-refractivity contribution in [2.45, 2.75) is 71.0 Å². The van der Waals surface area contributed by atoms with Gasteiger partial charge >= 0.3 is 6.09 Å². The molecule has 11 heteroatoms. The molecule has 2 aliphatic heterocycles. The first-order chi connectivity index (χ1) is 22.4. The number of hydrogen-bond donors (Lipinski definition) is 2. The molecule has 4 aromatic rings. The number of carboxylic acid groups (broad SMARTS) is 1. The summed E-state index contributed by atoms with van der Waals surface area (Å²) in [4.78, 5) is 31.8. The third-order valence-corrected chi connectivity index (χ3v) is 11.2. The quantitative estimate of drug-likeness (QED) is 0.194. The van der Waals surface area contributed by atoms with E-state index in [4.69, 9.17) is 28.2 Å². The molecule has 0 radical (unpaired) electrons. The smallest absolute Gasteiger partial charge is 0.407 e. The van der Waals surface area contributed by atoms with Crippen LogP contribution in [0.25, 0.3) is 38.5 Å². The molecule has 8 nitrogen and oxygen atoms in total. The Morgan fingerprint density at radius 1 is 1.28 bits per heavy atom. The van der Waals surface area contributed by atoms with Crippen LogP contribution < -0.4 is 5.32 Å². The van der Waals surface area contributed by atoms with Crippen LogP contribution in [0, 0.1) is 28.5 Å². The van der Waals surface area contributed by atoms with E-state index in [0.29, 0.717) is 39.8 Å². The predicted octanol–water partition coefficient (Wildman–Crippen LogP) is 8.69. The van der Waals surface area contributed by atoms with Crippen molar-refractivity contribution in [2.24, 2.45) is 11.3 Å². The van der Waals surface area contributed by atoms with E-state index in [1.165, 1.54) is 4.90 Å². The van der Waals surface area contributed by atoms with Gasteiger partial charge in [-0.3, -0.25) is 4.79 Å². The number of benzene rings is 2. The van der Waals surface area contributed by atoms with Crippen LogP contribution in [0.2, 0.25) is 10.0 Å². The van der Waals surface area contributed by atoms with Crippen LogP contribution in [-0.2, 0) is 11.2 Å². The zero-order valence-corrected chi connectivity index (χ0v) is 27.8. The number of allylic oxidation sites excluding steroid dienone is 1. The number of amides is 2. The number of nitrogens with zero attached hydrogens (tertiary/aromatic N) is 4. The molecular weight excluding hydrogens is 640 g/mol. The van der Waals surface area contributed by atoms with Crippen molar-refractivity contribution in [1.82, 2.24) is 19.8 Å². The minimum absolute atomic E-state index is 0.0264. The van der Waals surface area contributed by atoms with Crippen LogP contribution in [0.15, 0.2) is 36.9 Å². The van der Waals surface area contributed by atoms with Gasteiger partial charge in [-0.05, 0) is 68.9 Å². The van der Waals surface area contributed by atoms with E-state index in [1.54, 1.807) is 18.2 Å². The van der Waals surface area contributed by atoms with Crippen molar-refractivity contribution in [3.8, 4) is 17.2 Å². The summed E-state index contributed by atoms with van der Waals surface area (Å²) < 4.78 is 19.3. The van der Waals surface area contributed by atoms with Crippen molar-refractivity contribution in [2.75, 3.05) is 6.54 Å². The first-order valence-corrected chi connectivity index (χ1v) is 16.6. The number of nitriles is 1. The van der Waals surface area contributed by atoms with E-state index >= 15 is 4.39 Å². The van der Waals surface area contributed by atoms with Gasteiger partial charge in [-0.15, -0.1) is 0 Å². The predicted molar refractivity (Wildman–Crippen MR) is 181 cm³/mol. The second-order valence-electron chi connectivity index (χ2n) is 13.6. The molecule has 2 aromatic heterocycles. The highest BCUT2D eigenvalue weighted by Crippen LogP contribution is 2.53. The highest BCUT2D eigenvalue weighted by Gasteiger charge is 2.56. The number of fused-ring (bicyclic) bond motifs is 4. The van der Waals surface area contributed by atoms with Gasteiger partial charge in [-0.1, -0.05) is 48.8 Å². The molecule has 2 aromatic carbocycles. The summed E-state index contributed by atoms with van der Waals surface area (Å²) in [7, 11) is 0. The van der Waals surface area contributed by atoms with E-state index in [0.717, 1.165) is 30.3 Å². The molecule has 4 fully saturated rings. The Kier molecular flexibility index (Phi) is 7.53. The Bertz CT molecular complexity index is 2080. The van der Waals surface area contributed by atoms with Crippen LogP contribution in [-0.4, -0.2) is 44.1 Å². The van der Waals surface area contributed by atoms with Gasteiger partial charge in [0.05, 0.1) is 45.5 Å².